The highest BCUT2D eigenvalue weighted by Gasteiger charge is 2.43. The zero-order chi connectivity index (χ0) is 30.4. The van der Waals surface area contributed by atoms with E-state index >= 15 is 0 Å². The van der Waals surface area contributed by atoms with E-state index in [0.29, 0.717) is 17.7 Å². The van der Waals surface area contributed by atoms with Crippen molar-refractivity contribution in [2.75, 3.05) is 11.9 Å². The quantitative estimate of drug-likeness (QED) is 0.280. The molecule has 0 saturated heterocycles. The van der Waals surface area contributed by atoms with Crippen LogP contribution in [0.5, 0.6) is 0 Å². The van der Waals surface area contributed by atoms with Gasteiger partial charge in [0.15, 0.2) is 0 Å². The Morgan fingerprint density at radius 1 is 0.976 bits per heavy atom. The van der Waals surface area contributed by atoms with Gasteiger partial charge in [0.05, 0.1) is 6.61 Å². The van der Waals surface area contributed by atoms with Gasteiger partial charge in [-0.15, -0.1) is 0 Å². The summed E-state index contributed by atoms with van der Waals surface area (Å²) in [6.07, 6.45) is 1.31. The molecule has 0 bridgehead atoms. The van der Waals surface area contributed by atoms with Crippen molar-refractivity contribution in [1.82, 2.24) is 10.2 Å². The first-order valence-corrected chi connectivity index (χ1v) is 13.7. The molecular formula is C33H41N3O5. The van der Waals surface area contributed by atoms with E-state index in [-0.39, 0.29) is 0 Å². The second kappa shape index (κ2) is 13.0. The van der Waals surface area contributed by atoms with Crippen molar-refractivity contribution in [1.29, 1.82) is 0 Å². The summed E-state index contributed by atoms with van der Waals surface area (Å²) in [5.74, 6) is -1.06. The summed E-state index contributed by atoms with van der Waals surface area (Å²) in [5, 5.41) is 17.7. The molecule has 3 rings (SSSR count). The predicted octanol–water partition coefficient (Wildman–Crippen LogP) is 6.07. The van der Waals surface area contributed by atoms with Crippen LogP contribution in [0.3, 0.4) is 0 Å². The molecule has 41 heavy (non-hydrogen) atoms. The van der Waals surface area contributed by atoms with E-state index in [1.807, 2.05) is 69.3 Å². The molecule has 3 N–H and O–H groups in total. The van der Waals surface area contributed by atoms with Crippen LogP contribution < -0.4 is 10.6 Å². The Balaban J connectivity index is 2.09. The van der Waals surface area contributed by atoms with Crippen molar-refractivity contribution in [2.24, 2.45) is 0 Å². The number of rotatable bonds is 10. The number of ether oxygens (including phenoxy) is 1. The molecule has 0 aliphatic heterocycles. The molecule has 0 heterocycles. The lowest BCUT2D eigenvalue weighted by Gasteiger charge is -2.44. The summed E-state index contributed by atoms with van der Waals surface area (Å²) in [5.41, 5.74) is 0.257. The summed E-state index contributed by atoms with van der Waals surface area (Å²) in [6, 6.07) is 18.2. The number of hydrogen-bond donors (Lipinski definition) is 3. The number of anilines is 1. The maximum absolute atomic E-state index is 14.2. The van der Waals surface area contributed by atoms with Crippen LogP contribution in [0.25, 0.3) is 16.8 Å². The lowest BCUT2D eigenvalue weighted by atomic mass is 9.91. The monoisotopic (exact) mass is 559 g/mol. The molecule has 8 heteroatoms. The SMILES string of the molecule is C=Cc1cccc(C(C(=O)Nc2ccc3ccccc3c2)N(C(=O)C(CO)NC(=O)OC(C)(C)C)C(C)(C)CC)c1. The third kappa shape index (κ3) is 7.95. The topological polar surface area (TPSA) is 108 Å². The van der Waals surface area contributed by atoms with Gasteiger partial charge in [0, 0.05) is 11.2 Å². The first-order valence-electron chi connectivity index (χ1n) is 13.7. The first-order chi connectivity index (χ1) is 19.3. The average Bonchev–Trinajstić information content (AvgIpc) is 2.93. The summed E-state index contributed by atoms with van der Waals surface area (Å²) in [4.78, 5) is 42.4. The van der Waals surface area contributed by atoms with E-state index in [2.05, 4.69) is 17.2 Å². The number of nitrogens with zero attached hydrogens (tertiary/aromatic N) is 1. The second-order valence-corrected chi connectivity index (χ2v) is 11.6. The van der Waals surface area contributed by atoms with Crippen molar-refractivity contribution in [2.45, 2.75) is 71.2 Å². The zero-order valence-electron chi connectivity index (χ0n) is 24.7. The standard InChI is InChI=1S/C33H41N3O5/c1-8-22-13-12-16-25(19-22)28(29(38)34-26-18-17-23-14-10-11-15-24(23)20-26)36(33(6,7)9-2)30(39)27(21-37)35-31(40)41-32(3,4)5/h8,10-20,27-28,37H,1,9,21H2,2-7H3,(H,34,38)(H,35,40). The number of benzene rings is 3. The Labute approximate surface area is 242 Å². The molecule has 0 saturated carbocycles. The number of carbonyl (C=O) groups excluding carboxylic acids is 3. The van der Waals surface area contributed by atoms with Crippen molar-refractivity contribution in [3.63, 3.8) is 0 Å². The summed E-state index contributed by atoms with van der Waals surface area (Å²) >= 11 is 0. The van der Waals surface area contributed by atoms with Crippen LogP contribution in [0.1, 0.15) is 65.1 Å². The van der Waals surface area contributed by atoms with Gasteiger partial charge in [0.25, 0.3) is 5.91 Å². The van der Waals surface area contributed by atoms with Gasteiger partial charge < -0.3 is 25.4 Å². The molecule has 0 aromatic heterocycles. The number of hydrogen-bond acceptors (Lipinski definition) is 5. The average molecular weight is 560 g/mol. The van der Waals surface area contributed by atoms with E-state index in [1.54, 1.807) is 45.0 Å². The molecule has 2 unspecified atom stereocenters. The van der Waals surface area contributed by atoms with E-state index < -0.39 is 47.7 Å². The van der Waals surface area contributed by atoms with Crippen LogP contribution in [0.2, 0.25) is 0 Å². The van der Waals surface area contributed by atoms with Crippen molar-refractivity contribution in [3.05, 3.63) is 84.4 Å². The molecule has 0 spiro atoms. The van der Waals surface area contributed by atoms with E-state index in [9.17, 15) is 19.5 Å². The minimum atomic E-state index is -1.34. The largest absolute Gasteiger partial charge is 0.444 e. The highest BCUT2D eigenvalue weighted by molar-refractivity contribution is 6.00. The Hall–Kier alpha value is -4.17. The number of aliphatic hydroxyl groups is 1. The normalized spacial score (nSPS) is 13.1. The maximum atomic E-state index is 14.2. The van der Waals surface area contributed by atoms with Crippen molar-refractivity contribution < 1.29 is 24.2 Å². The fourth-order valence-corrected chi connectivity index (χ4v) is 4.50. The molecule has 0 radical (unpaired) electrons. The van der Waals surface area contributed by atoms with Crippen LogP contribution in [0, 0.1) is 0 Å². The fourth-order valence-electron chi connectivity index (χ4n) is 4.50. The molecule has 0 fully saturated rings. The van der Waals surface area contributed by atoms with E-state index in [4.69, 9.17) is 4.74 Å². The Kier molecular flexibility index (Phi) is 9.94. The van der Waals surface area contributed by atoms with Gasteiger partial charge in [-0.3, -0.25) is 9.59 Å². The fraction of sp³-hybridized carbons (Fsp3) is 0.364. The summed E-state index contributed by atoms with van der Waals surface area (Å²) in [7, 11) is 0. The lowest BCUT2D eigenvalue weighted by Crippen LogP contribution is -2.59. The van der Waals surface area contributed by atoms with Gasteiger partial charge >= 0.3 is 6.09 Å². The lowest BCUT2D eigenvalue weighted by molar-refractivity contribution is -0.148. The van der Waals surface area contributed by atoms with Gasteiger partial charge in [-0.2, -0.15) is 0 Å². The minimum absolute atomic E-state index is 0.440. The smallest absolute Gasteiger partial charge is 0.408 e. The van der Waals surface area contributed by atoms with E-state index in [0.717, 1.165) is 16.3 Å². The number of carbonyl (C=O) groups is 3. The van der Waals surface area contributed by atoms with Gasteiger partial charge in [-0.1, -0.05) is 68.1 Å². The van der Waals surface area contributed by atoms with Gasteiger partial charge in [0.2, 0.25) is 5.91 Å². The van der Waals surface area contributed by atoms with Gasteiger partial charge in [-0.25, -0.2) is 4.79 Å². The predicted molar refractivity (Wildman–Crippen MR) is 163 cm³/mol. The molecule has 0 aliphatic rings. The molecule has 8 nitrogen and oxygen atoms in total. The number of nitrogens with one attached hydrogen (secondary N) is 2. The minimum Gasteiger partial charge on any atom is -0.444 e. The van der Waals surface area contributed by atoms with Crippen LogP contribution in [-0.2, 0) is 14.3 Å². The number of amides is 3. The van der Waals surface area contributed by atoms with Crippen molar-refractivity contribution in [3.8, 4) is 0 Å². The Bertz CT molecular complexity index is 1410. The highest BCUT2D eigenvalue weighted by atomic mass is 16.6. The van der Waals surface area contributed by atoms with E-state index in [1.165, 1.54) is 4.90 Å². The second-order valence-electron chi connectivity index (χ2n) is 11.6. The van der Waals surface area contributed by atoms with Crippen LogP contribution in [0.15, 0.2) is 73.3 Å². The van der Waals surface area contributed by atoms with Crippen LogP contribution in [0.4, 0.5) is 10.5 Å². The number of alkyl carbamates (subject to hydrolysis) is 1. The highest BCUT2D eigenvalue weighted by Crippen LogP contribution is 2.34. The summed E-state index contributed by atoms with van der Waals surface area (Å²) < 4.78 is 5.33. The van der Waals surface area contributed by atoms with Crippen LogP contribution in [-0.4, -0.2) is 51.7 Å². The molecule has 218 valence electrons. The molecule has 3 amide bonds. The third-order valence-corrected chi connectivity index (χ3v) is 6.91. The zero-order valence-corrected chi connectivity index (χ0v) is 24.7. The van der Waals surface area contributed by atoms with Gasteiger partial charge in [0.1, 0.15) is 17.7 Å². The molecule has 3 aromatic rings. The molecule has 3 aromatic carbocycles. The third-order valence-electron chi connectivity index (χ3n) is 6.91. The maximum Gasteiger partial charge on any atom is 0.408 e. The molecular weight excluding hydrogens is 518 g/mol. The Morgan fingerprint density at radius 3 is 2.27 bits per heavy atom. The van der Waals surface area contributed by atoms with Gasteiger partial charge in [-0.05, 0) is 81.1 Å². The summed E-state index contributed by atoms with van der Waals surface area (Å²) in [6.45, 7) is 13.9. The first kappa shape index (κ1) is 31.4. The molecule has 2 atom stereocenters. The number of fused-ring (bicyclic) bond motifs is 1. The Morgan fingerprint density at radius 2 is 1.66 bits per heavy atom. The van der Waals surface area contributed by atoms with Crippen LogP contribution >= 0.6 is 0 Å². The molecule has 0 aliphatic carbocycles. The number of aliphatic hydroxyl groups excluding tert-OH is 1. The van der Waals surface area contributed by atoms with Crippen molar-refractivity contribution >= 4 is 40.4 Å².